The van der Waals surface area contributed by atoms with E-state index in [-0.39, 0.29) is 17.7 Å². The summed E-state index contributed by atoms with van der Waals surface area (Å²) in [6.07, 6.45) is 6.98. The van der Waals surface area contributed by atoms with Gasteiger partial charge in [0.05, 0.1) is 5.92 Å². The Bertz CT molecular complexity index is 544. The molecule has 0 spiro atoms. The monoisotopic (exact) mass is 301 g/mol. The Morgan fingerprint density at radius 1 is 1.23 bits per heavy atom. The van der Waals surface area contributed by atoms with E-state index in [1.54, 1.807) is 18.2 Å². The van der Waals surface area contributed by atoms with E-state index in [1.807, 2.05) is 12.1 Å². The maximum atomic E-state index is 12.2. The summed E-state index contributed by atoms with van der Waals surface area (Å²) >= 11 is 0. The van der Waals surface area contributed by atoms with Crippen LogP contribution in [0.5, 0.6) is 5.75 Å². The van der Waals surface area contributed by atoms with Crippen LogP contribution in [0.2, 0.25) is 0 Å². The van der Waals surface area contributed by atoms with Crippen LogP contribution in [0.15, 0.2) is 30.3 Å². The van der Waals surface area contributed by atoms with Crippen molar-refractivity contribution in [2.24, 2.45) is 23.3 Å². The number of ether oxygens (including phenoxy) is 1. The second-order valence-electron chi connectivity index (χ2n) is 5.73. The molecule has 1 aromatic carbocycles. The van der Waals surface area contributed by atoms with Crippen molar-refractivity contribution in [1.82, 2.24) is 0 Å². The molecule has 0 heterocycles. The Kier molecular flexibility index (Phi) is 5.72. The van der Waals surface area contributed by atoms with Gasteiger partial charge >= 0.3 is 5.97 Å². The predicted molar refractivity (Wildman–Crippen MR) is 87.5 cm³/mol. The zero-order chi connectivity index (χ0) is 15.9. The molecule has 1 aliphatic rings. The molecule has 1 saturated carbocycles. The molecule has 1 aliphatic carbocycles. The van der Waals surface area contributed by atoms with Crippen LogP contribution in [0.25, 0.3) is 6.08 Å². The fraction of sp³-hybridized carbons (Fsp3) is 0.412. The van der Waals surface area contributed by atoms with Crippen LogP contribution in [-0.4, -0.2) is 18.3 Å². The zero-order valence-electron chi connectivity index (χ0n) is 12.6. The van der Waals surface area contributed by atoms with Crippen LogP contribution in [0.1, 0.15) is 31.2 Å². The lowest BCUT2D eigenvalue weighted by atomic mass is 9.82. The van der Waals surface area contributed by atoms with Crippen molar-refractivity contribution in [2.75, 3.05) is 6.54 Å². The lowest BCUT2D eigenvalue weighted by Gasteiger charge is -2.26. The molecule has 118 valence electrons. The highest BCUT2D eigenvalue weighted by Crippen LogP contribution is 2.29. The molecule has 0 aliphatic heterocycles. The number of carbonyl (C=O) groups is 1. The molecule has 0 atom stereocenters. The number of rotatable bonds is 5. The van der Waals surface area contributed by atoms with Gasteiger partial charge in [0.1, 0.15) is 11.6 Å². The van der Waals surface area contributed by atoms with E-state index in [4.69, 9.17) is 21.6 Å². The average Bonchev–Trinajstić information content (AvgIpc) is 2.54. The van der Waals surface area contributed by atoms with Crippen molar-refractivity contribution >= 4 is 17.9 Å². The Hall–Kier alpha value is -2.14. The van der Waals surface area contributed by atoms with Crippen molar-refractivity contribution in [3.63, 3.8) is 0 Å². The molecule has 2 rings (SSSR count). The smallest absolute Gasteiger partial charge is 0.314 e. The van der Waals surface area contributed by atoms with Crippen molar-refractivity contribution in [1.29, 1.82) is 5.41 Å². The molecule has 5 nitrogen and oxygen atoms in total. The molecule has 0 aromatic heterocycles. The largest absolute Gasteiger partial charge is 0.426 e. The SMILES string of the molecule is N=C(N)/C=C/c1ccc(OC(=O)C2CCC(CN)CC2)cc1. The lowest BCUT2D eigenvalue weighted by Crippen LogP contribution is -2.28. The molecular weight excluding hydrogens is 278 g/mol. The first-order valence-corrected chi connectivity index (χ1v) is 7.62. The molecular formula is C17H23N3O2. The van der Waals surface area contributed by atoms with Crippen LogP contribution >= 0.6 is 0 Å². The summed E-state index contributed by atoms with van der Waals surface area (Å²) in [6, 6.07) is 7.16. The maximum absolute atomic E-state index is 12.2. The molecule has 0 saturated heterocycles. The standard InChI is InChI=1S/C17H23N3O2/c18-11-13-1-6-14(7-2-13)17(21)22-15-8-3-12(4-9-15)5-10-16(19)20/h3-5,8-10,13-14H,1-2,6-7,11,18H2,(H3,19,20)/b10-5+. The summed E-state index contributed by atoms with van der Waals surface area (Å²) < 4.78 is 5.44. The van der Waals surface area contributed by atoms with Crippen molar-refractivity contribution in [2.45, 2.75) is 25.7 Å². The third-order valence-electron chi connectivity index (χ3n) is 4.07. The molecule has 22 heavy (non-hydrogen) atoms. The van der Waals surface area contributed by atoms with E-state index < -0.39 is 0 Å². The summed E-state index contributed by atoms with van der Waals surface area (Å²) in [7, 11) is 0. The van der Waals surface area contributed by atoms with Gasteiger partial charge in [-0.25, -0.2) is 0 Å². The first-order chi connectivity index (χ1) is 10.6. The number of carbonyl (C=O) groups excluding carboxylic acids is 1. The Balaban J connectivity index is 1.88. The van der Waals surface area contributed by atoms with E-state index in [0.717, 1.165) is 31.2 Å². The highest BCUT2D eigenvalue weighted by Gasteiger charge is 2.27. The summed E-state index contributed by atoms with van der Waals surface area (Å²) in [5, 5.41) is 7.13. The minimum absolute atomic E-state index is 0.00332. The highest BCUT2D eigenvalue weighted by atomic mass is 16.5. The summed E-state index contributed by atoms with van der Waals surface area (Å²) in [5.41, 5.74) is 11.8. The van der Waals surface area contributed by atoms with E-state index in [1.165, 1.54) is 6.08 Å². The van der Waals surface area contributed by atoms with Crippen LogP contribution in [0.3, 0.4) is 0 Å². The molecule has 0 amide bonds. The van der Waals surface area contributed by atoms with E-state index >= 15 is 0 Å². The Labute approximate surface area is 130 Å². The summed E-state index contributed by atoms with van der Waals surface area (Å²) in [4.78, 5) is 12.2. The molecule has 5 N–H and O–H groups in total. The van der Waals surface area contributed by atoms with E-state index in [9.17, 15) is 4.79 Å². The minimum atomic E-state index is -0.150. The van der Waals surface area contributed by atoms with Crippen LogP contribution in [-0.2, 0) is 4.79 Å². The average molecular weight is 301 g/mol. The van der Waals surface area contributed by atoms with Gasteiger partial charge in [0.15, 0.2) is 0 Å². The van der Waals surface area contributed by atoms with E-state index in [2.05, 4.69) is 0 Å². The second-order valence-corrected chi connectivity index (χ2v) is 5.73. The molecule has 1 aromatic rings. The summed E-state index contributed by atoms with van der Waals surface area (Å²) in [5.74, 6) is 0.938. The van der Waals surface area contributed by atoms with Crippen LogP contribution < -0.4 is 16.2 Å². The van der Waals surface area contributed by atoms with Gasteiger partial charge in [-0.2, -0.15) is 0 Å². The van der Waals surface area contributed by atoms with Gasteiger partial charge in [-0.05, 0) is 61.9 Å². The first kappa shape index (κ1) is 16.2. The second kappa shape index (κ2) is 7.75. The van der Waals surface area contributed by atoms with Crippen LogP contribution in [0, 0.1) is 17.2 Å². The zero-order valence-corrected chi connectivity index (χ0v) is 12.6. The fourth-order valence-electron chi connectivity index (χ4n) is 2.67. The normalized spacial score (nSPS) is 21.7. The maximum Gasteiger partial charge on any atom is 0.314 e. The molecule has 0 radical (unpaired) electrons. The Morgan fingerprint density at radius 3 is 2.41 bits per heavy atom. The first-order valence-electron chi connectivity index (χ1n) is 7.62. The molecule has 0 bridgehead atoms. The van der Waals surface area contributed by atoms with Crippen molar-refractivity contribution < 1.29 is 9.53 Å². The van der Waals surface area contributed by atoms with Crippen molar-refractivity contribution in [3.05, 3.63) is 35.9 Å². The molecule has 0 unspecified atom stereocenters. The molecule has 1 fully saturated rings. The molecule has 5 heteroatoms. The number of nitrogens with two attached hydrogens (primary N) is 2. The quantitative estimate of drug-likeness (QED) is 0.336. The third-order valence-corrected chi connectivity index (χ3v) is 4.07. The highest BCUT2D eigenvalue weighted by molar-refractivity contribution is 5.92. The fourth-order valence-corrected chi connectivity index (χ4v) is 2.67. The number of hydrogen-bond acceptors (Lipinski definition) is 4. The minimum Gasteiger partial charge on any atom is -0.426 e. The predicted octanol–water partition coefficient (Wildman–Crippen LogP) is 2.31. The number of nitrogens with one attached hydrogen (secondary N) is 1. The van der Waals surface area contributed by atoms with Gasteiger partial charge in [0.25, 0.3) is 0 Å². The number of hydrogen-bond donors (Lipinski definition) is 3. The number of benzene rings is 1. The van der Waals surface area contributed by atoms with Gasteiger partial charge in [-0.1, -0.05) is 18.2 Å². The Morgan fingerprint density at radius 2 is 1.86 bits per heavy atom. The number of amidine groups is 1. The van der Waals surface area contributed by atoms with Crippen LogP contribution in [0.4, 0.5) is 0 Å². The topological polar surface area (TPSA) is 102 Å². The lowest BCUT2D eigenvalue weighted by molar-refractivity contribution is -0.140. The third kappa shape index (κ3) is 4.70. The van der Waals surface area contributed by atoms with Gasteiger partial charge in [0, 0.05) is 0 Å². The number of esters is 1. The van der Waals surface area contributed by atoms with Gasteiger partial charge < -0.3 is 16.2 Å². The van der Waals surface area contributed by atoms with Gasteiger partial charge in [0.2, 0.25) is 0 Å². The summed E-state index contributed by atoms with van der Waals surface area (Å²) in [6.45, 7) is 0.705. The van der Waals surface area contributed by atoms with Crippen molar-refractivity contribution in [3.8, 4) is 5.75 Å². The van der Waals surface area contributed by atoms with E-state index in [0.29, 0.717) is 18.2 Å². The van der Waals surface area contributed by atoms with Gasteiger partial charge in [-0.15, -0.1) is 0 Å². The van der Waals surface area contributed by atoms with Gasteiger partial charge in [-0.3, -0.25) is 10.2 Å².